The largest absolute Gasteiger partial charge is 0.480 e. The molecule has 14 heavy (non-hydrogen) atoms. The summed E-state index contributed by atoms with van der Waals surface area (Å²) in [6, 6.07) is 0. The first-order valence-electron chi connectivity index (χ1n) is 4.35. The minimum absolute atomic E-state index is 0.0159. The van der Waals surface area contributed by atoms with E-state index in [2.05, 4.69) is 10.2 Å². The van der Waals surface area contributed by atoms with Crippen LogP contribution in [-0.2, 0) is 11.3 Å². The molecule has 0 saturated carbocycles. The number of hydrogen-bond donors (Lipinski definition) is 1. The van der Waals surface area contributed by atoms with Crippen molar-refractivity contribution < 1.29 is 14.3 Å². The number of hydrogen-bond acceptors (Lipinski definition) is 5. The minimum Gasteiger partial charge on any atom is -0.480 e. The second-order valence-electron chi connectivity index (χ2n) is 2.91. The Balaban J connectivity index is 2.52. The second-order valence-corrected chi connectivity index (χ2v) is 2.91. The van der Waals surface area contributed by atoms with Gasteiger partial charge in [0.1, 0.15) is 0 Å². The van der Waals surface area contributed by atoms with Crippen molar-refractivity contribution in [2.75, 3.05) is 13.1 Å². The maximum absolute atomic E-state index is 10.5. The monoisotopic (exact) mass is 199 g/mol. The van der Waals surface area contributed by atoms with Gasteiger partial charge in [0.05, 0.1) is 13.1 Å². The molecule has 78 valence electrons. The van der Waals surface area contributed by atoms with E-state index in [-0.39, 0.29) is 6.54 Å². The number of aryl methyl sites for hydroxylation is 1. The van der Waals surface area contributed by atoms with E-state index in [9.17, 15) is 4.79 Å². The van der Waals surface area contributed by atoms with Crippen molar-refractivity contribution in [2.45, 2.75) is 20.4 Å². The van der Waals surface area contributed by atoms with Crippen molar-refractivity contribution in [1.29, 1.82) is 0 Å². The van der Waals surface area contributed by atoms with E-state index < -0.39 is 5.97 Å². The lowest BCUT2D eigenvalue weighted by molar-refractivity contribution is -0.138. The average molecular weight is 199 g/mol. The standard InChI is InChI=1S/C8H13N3O3/c1-3-11(5-8(12)13)4-7-10-9-6(2)14-7/h3-5H2,1-2H3,(H,12,13). The molecule has 1 aromatic rings. The van der Waals surface area contributed by atoms with Crippen LogP contribution < -0.4 is 0 Å². The van der Waals surface area contributed by atoms with Crippen LogP contribution in [0.15, 0.2) is 4.42 Å². The van der Waals surface area contributed by atoms with Gasteiger partial charge in [0.15, 0.2) is 0 Å². The highest BCUT2D eigenvalue weighted by atomic mass is 16.4. The van der Waals surface area contributed by atoms with Gasteiger partial charge < -0.3 is 9.52 Å². The quantitative estimate of drug-likeness (QED) is 0.734. The van der Waals surface area contributed by atoms with Crippen LogP contribution in [0.5, 0.6) is 0 Å². The van der Waals surface area contributed by atoms with Crippen LogP contribution >= 0.6 is 0 Å². The van der Waals surface area contributed by atoms with Crippen LogP contribution in [0, 0.1) is 6.92 Å². The molecule has 1 aromatic heterocycles. The van der Waals surface area contributed by atoms with Gasteiger partial charge in [0.25, 0.3) is 0 Å². The normalized spacial score (nSPS) is 10.8. The molecule has 6 heteroatoms. The van der Waals surface area contributed by atoms with Crippen molar-refractivity contribution in [1.82, 2.24) is 15.1 Å². The molecule has 0 amide bonds. The maximum atomic E-state index is 10.5. The van der Waals surface area contributed by atoms with Crippen molar-refractivity contribution in [2.24, 2.45) is 0 Å². The van der Waals surface area contributed by atoms with Gasteiger partial charge in [-0.2, -0.15) is 0 Å². The van der Waals surface area contributed by atoms with E-state index in [0.717, 1.165) is 0 Å². The summed E-state index contributed by atoms with van der Waals surface area (Å²) < 4.78 is 5.14. The lowest BCUT2D eigenvalue weighted by Gasteiger charge is -2.14. The van der Waals surface area contributed by atoms with Gasteiger partial charge in [0, 0.05) is 6.92 Å². The predicted molar refractivity (Wildman–Crippen MR) is 47.6 cm³/mol. The molecule has 0 spiro atoms. The Morgan fingerprint density at radius 1 is 1.57 bits per heavy atom. The summed E-state index contributed by atoms with van der Waals surface area (Å²) in [6.45, 7) is 4.57. The third-order valence-corrected chi connectivity index (χ3v) is 1.73. The lowest BCUT2D eigenvalue weighted by atomic mass is 10.4. The average Bonchev–Trinajstić information content (AvgIpc) is 2.49. The fourth-order valence-corrected chi connectivity index (χ4v) is 1.06. The number of carbonyl (C=O) groups is 1. The van der Waals surface area contributed by atoms with Gasteiger partial charge in [-0.3, -0.25) is 9.69 Å². The van der Waals surface area contributed by atoms with Gasteiger partial charge in [-0.25, -0.2) is 0 Å². The van der Waals surface area contributed by atoms with E-state index >= 15 is 0 Å². The van der Waals surface area contributed by atoms with Gasteiger partial charge in [-0.05, 0) is 6.54 Å². The summed E-state index contributed by atoms with van der Waals surface area (Å²) in [7, 11) is 0. The number of aromatic nitrogens is 2. The molecule has 0 aliphatic carbocycles. The van der Waals surface area contributed by atoms with E-state index in [1.54, 1.807) is 11.8 Å². The molecule has 0 bridgehead atoms. The molecule has 1 rings (SSSR count). The Kier molecular flexibility index (Phi) is 3.58. The zero-order chi connectivity index (χ0) is 10.6. The number of likely N-dealkylation sites (N-methyl/N-ethyl adjacent to an activating group) is 1. The van der Waals surface area contributed by atoms with Gasteiger partial charge in [0.2, 0.25) is 11.8 Å². The summed E-state index contributed by atoms with van der Waals surface area (Å²) in [6.07, 6.45) is 0. The zero-order valence-corrected chi connectivity index (χ0v) is 8.23. The van der Waals surface area contributed by atoms with Crippen molar-refractivity contribution in [3.8, 4) is 0 Å². The van der Waals surface area contributed by atoms with Gasteiger partial charge in [-0.15, -0.1) is 10.2 Å². The van der Waals surface area contributed by atoms with Crippen molar-refractivity contribution in [3.63, 3.8) is 0 Å². The number of carboxylic acid groups (broad SMARTS) is 1. The zero-order valence-electron chi connectivity index (χ0n) is 8.23. The SMILES string of the molecule is CCN(CC(=O)O)Cc1nnc(C)o1. The van der Waals surface area contributed by atoms with E-state index in [1.807, 2.05) is 6.92 Å². The predicted octanol–water partition coefficient (Wildman–Crippen LogP) is 0.285. The number of nitrogens with zero attached hydrogens (tertiary/aromatic N) is 3. The Morgan fingerprint density at radius 3 is 2.71 bits per heavy atom. The first-order chi connectivity index (χ1) is 6.61. The minimum atomic E-state index is -0.858. The maximum Gasteiger partial charge on any atom is 0.317 e. The Bertz CT molecular complexity index is 311. The molecular formula is C8H13N3O3. The smallest absolute Gasteiger partial charge is 0.317 e. The van der Waals surface area contributed by atoms with Crippen LogP contribution in [-0.4, -0.2) is 39.3 Å². The van der Waals surface area contributed by atoms with Crippen LogP contribution in [0.3, 0.4) is 0 Å². The molecule has 0 radical (unpaired) electrons. The summed E-state index contributed by atoms with van der Waals surface area (Å²) >= 11 is 0. The molecule has 0 aliphatic heterocycles. The Morgan fingerprint density at radius 2 is 2.29 bits per heavy atom. The topological polar surface area (TPSA) is 79.5 Å². The molecule has 0 fully saturated rings. The molecule has 1 N–H and O–H groups in total. The highest BCUT2D eigenvalue weighted by molar-refractivity contribution is 5.69. The van der Waals surface area contributed by atoms with E-state index in [1.165, 1.54) is 0 Å². The molecule has 0 unspecified atom stereocenters. The first kappa shape index (κ1) is 10.6. The summed E-state index contributed by atoms with van der Waals surface area (Å²) in [5.74, 6) is 0.0834. The van der Waals surface area contributed by atoms with Crippen molar-refractivity contribution >= 4 is 5.97 Å². The molecule has 0 aliphatic rings. The third-order valence-electron chi connectivity index (χ3n) is 1.73. The number of aliphatic carboxylic acids is 1. The van der Waals surface area contributed by atoms with E-state index in [0.29, 0.717) is 24.9 Å². The van der Waals surface area contributed by atoms with Gasteiger partial charge in [-0.1, -0.05) is 6.92 Å². The molecule has 0 atom stereocenters. The van der Waals surface area contributed by atoms with Crippen LogP contribution in [0.4, 0.5) is 0 Å². The van der Waals surface area contributed by atoms with Crippen molar-refractivity contribution in [3.05, 3.63) is 11.8 Å². The highest BCUT2D eigenvalue weighted by Crippen LogP contribution is 2.02. The fourth-order valence-electron chi connectivity index (χ4n) is 1.06. The van der Waals surface area contributed by atoms with E-state index in [4.69, 9.17) is 9.52 Å². The molecule has 6 nitrogen and oxygen atoms in total. The molecule has 1 heterocycles. The third kappa shape index (κ3) is 3.14. The number of carboxylic acids is 1. The summed E-state index contributed by atoms with van der Waals surface area (Å²) in [5, 5.41) is 16.0. The fraction of sp³-hybridized carbons (Fsp3) is 0.625. The molecular weight excluding hydrogens is 186 g/mol. The highest BCUT2D eigenvalue weighted by Gasteiger charge is 2.11. The van der Waals surface area contributed by atoms with Gasteiger partial charge >= 0.3 is 5.97 Å². The van der Waals surface area contributed by atoms with Crippen LogP contribution in [0.2, 0.25) is 0 Å². The molecule has 0 saturated heterocycles. The molecule has 0 aromatic carbocycles. The summed E-state index contributed by atoms with van der Waals surface area (Å²) in [4.78, 5) is 12.2. The summed E-state index contributed by atoms with van der Waals surface area (Å²) in [5.41, 5.74) is 0. The Hall–Kier alpha value is -1.43. The second kappa shape index (κ2) is 4.71. The Labute approximate surface area is 81.5 Å². The van der Waals surface area contributed by atoms with Crippen LogP contribution in [0.1, 0.15) is 18.7 Å². The van der Waals surface area contributed by atoms with Crippen LogP contribution in [0.25, 0.3) is 0 Å². The lowest BCUT2D eigenvalue weighted by Crippen LogP contribution is -2.29. The number of rotatable bonds is 5. The first-order valence-corrected chi connectivity index (χ1v) is 4.35.